The summed E-state index contributed by atoms with van der Waals surface area (Å²) in [5.74, 6) is -3.56. The van der Waals surface area contributed by atoms with Gasteiger partial charge in [0.1, 0.15) is 0 Å². The van der Waals surface area contributed by atoms with E-state index < -0.39 is 45.0 Å². The van der Waals surface area contributed by atoms with Crippen molar-refractivity contribution in [1.82, 2.24) is 4.31 Å². The van der Waals surface area contributed by atoms with Gasteiger partial charge in [0.25, 0.3) is 0 Å². The third-order valence-corrected chi connectivity index (χ3v) is 5.45. The quantitative estimate of drug-likeness (QED) is 0.874. The van der Waals surface area contributed by atoms with Gasteiger partial charge in [0.2, 0.25) is 10.0 Å². The number of sulfonamides is 1. The fourth-order valence-electron chi connectivity index (χ4n) is 2.33. The third kappa shape index (κ3) is 3.94. The first-order chi connectivity index (χ1) is 10.7. The highest BCUT2D eigenvalue weighted by Gasteiger charge is 2.32. The molecule has 0 radical (unpaired) electrons. The maximum atomic E-state index is 13.7. The number of ether oxygens (including phenoxy) is 1. The number of alkyl halides is 2. The smallest absolute Gasteiger partial charge is 0.387 e. The highest BCUT2D eigenvalue weighted by molar-refractivity contribution is 7.89. The lowest BCUT2D eigenvalue weighted by Crippen LogP contribution is -2.40. The zero-order valence-electron chi connectivity index (χ0n) is 11.8. The van der Waals surface area contributed by atoms with Crippen LogP contribution in [0.5, 0.6) is 5.75 Å². The van der Waals surface area contributed by atoms with Gasteiger partial charge >= 0.3 is 12.6 Å². The number of carbonyl (C=O) groups is 1. The highest BCUT2D eigenvalue weighted by atomic mass is 32.2. The minimum Gasteiger partial charge on any atom is -0.481 e. The average Bonchev–Trinajstić information content (AvgIpc) is 2.49. The second-order valence-corrected chi connectivity index (χ2v) is 6.93. The Morgan fingerprint density at radius 2 is 1.91 bits per heavy atom. The topological polar surface area (TPSA) is 83.9 Å². The minimum absolute atomic E-state index is 0.00377. The monoisotopic (exact) mass is 353 g/mol. The van der Waals surface area contributed by atoms with E-state index in [2.05, 4.69) is 4.74 Å². The van der Waals surface area contributed by atoms with Crippen molar-refractivity contribution in [3.8, 4) is 5.75 Å². The van der Waals surface area contributed by atoms with E-state index in [0.717, 1.165) is 16.4 Å². The first kappa shape index (κ1) is 17.5. The fraction of sp³-hybridized carbons (Fsp3) is 0.462. The van der Waals surface area contributed by atoms with E-state index in [1.807, 2.05) is 0 Å². The van der Waals surface area contributed by atoms with Crippen LogP contribution in [0.4, 0.5) is 13.2 Å². The predicted molar refractivity (Wildman–Crippen MR) is 72.2 cm³/mol. The van der Waals surface area contributed by atoms with Gasteiger partial charge in [-0.2, -0.15) is 13.1 Å². The van der Waals surface area contributed by atoms with Crippen LogP contribution in [-0.2, 0) is 14.8 Å². The summed E-state index contributed by atoms with van der Waals surface area (Å²) in [5, 5.41) is 8.89. The molecule has 10 heteroatoms. The molecule has 0 saturated carbocycles. The largest absolute Gasteiger partial charge is 0.481 e. The Morgan fingerprint density at radius 1 is 1.30 bits per heavy atom. The number of carboxylic acid groups (broad SMARTS) is 1. The van der Waals surface area contributed by atoms with Gasteiger partial charge in [-0.1, -0.05) is 0 Å². The van der Waals surface area contributed by atoms with Crippen molar-refractivity contribution in [3.05, 3.63) is 24.0 Å². The van der Waals surface area contributed by atoms with E-state index in [1.54, 1.807) is 0 Å². The van der Waals surface area contributed by atoms with Gasteiger partial charge in [-0.25, -0.2) is 12.8 Å². The van der Waals surface area contributed by atoms with Crippen molar-refractivity contribution < 1.29 is 36.2 Å². The molecule has 1 fully saturated rings. The summed E-state index contributed by atoms with van der Waals surface area (Å²) in [5.41, 5.74) is 0. The van der Waals surface area contributed by atoms with Gasteiger partial charge in [-0.05, 0) is 31.0 Å². The molecule has 2 rings (SSSR count). The van der Waals surface area contributed by atoms with Gasteiger partial charge < -0.3 is 9.84 Å². The summed E-state index contributed by atoms with van der Waals surface area (Å²) >= 11 is 0. The standard InChI is InChI=1S/C13H14F3NO5S/c14-10-7-9(1-2-11(10)22-13(15)16)23(20,21)17-5-3-8(4-6-17)12(18)19/h1-2,7-8,13H,3-6H2,(H,18,19). The molecule has 1 aliphatic heterocycles. The Hall–Kier alpha value is -1.81. The second kappa shape index (κ2) is 6.75. The summed E-state index contributed by atoms with van der Waals surface area (Å²) < 4.78 is 67.5. The Bertz CT molecular complexity index is 687. The number of rotatable bonds is 5. The first-order valence-corrected chi connectivity index (χ1v) is 8.13. The molecule has 23 heavy (non-hydrogen) atoms. The maximum Gasteiger partial charge on any atom is 0.387 e. The summed E-state index contributed by atoms with van der Waals surface area (Å²) in [4.78, 5) is 10.5. The van der Waals surface area contributed by atoms with E-state index in [4.69, 9.17) is 5.11 Å². The van der Waals surface area contributed by atoms with Crippen molar-refractivity contribution in [2.45, 2.75) is 24.3 Å². The van der Waals surface area contributed by atoms with Crippen LogP contribution < -0.4 is 4.74 Å². The Balaban J connectivity index is 2.17. The van der Waals surface area contributed by atoms with E-state index in [0.29, 0.717) is 6.07 Å². The Morgan fingerprint density at radius 3 is 2.39 bits per heavy atom. The third-order valence-electron chi connectivity index (χ3n) is 3.56. The number of piperidine rings is 1. The maximum absolute atomic E-state index is 13.7. The van der Waals surface area contributed by atoms with Crippen LogP contribution in [0.2, 0.25) is 0 Å². The molecule has 1 aromatic carbocycles. The van der Waals surface area contributed by atoms with Crippen LogP contribution >= 0.6 is 0 Å². The summed E-state index contributed by atoms with van der Waals surface area (Å²) in [6, 6.07) is 2.40. The number of aliphatic carboxylic acids is 1. The van der Waals surface area contributed by atoms with Crippen LogP contribution in [0.25, 0.3) is 0 Å². The molecule has 1 N–H and O–H groups in total. The lowest BCUT2D eigenvalue weighted by Gasteiger charge is -2.29. The van der Waals surface area contributed by atoms with Crippen LogP contribution in [0.3, 0.4) is 0 Å². The summed E-state index contributed by atoms with van der Waals surface area (Å²) in [6.07, 6.45) is 0.313. The van der Waals surface area contributed by atoms with Gasteiger partial charge in [0, 0.05) is 13.1 Å². The molecule has 1 aliphatic rings. The Kier molecular flexibility index (Phi) is 5.15. The van der Waals surface area contributed by atoms with Crippen molar-refractivity contribution in [3.63, 3.8) is 0 Å². The zero-order valence-corrected chi connectivity index (χ0v) is 12.6. The molecule has 1 saturated heterocycles. The number of hydrogen-bond donors (Lipinski definition) is 1. The lowest BCUT2D eigenvalue weighted by atomic mass is 9.99. The minimum atomic E-state index is -4.02. The fourth-order valence-corrected chi connectivity index (χ4v) is 3.81. The number of nitrogens with zero attached hydrogens (tertiary/aromatic N) is 1. The predicted octanol–water partition coefficient (Wildman–Crippen LogP) is 1.91. The van der Waals surface area contributed by atoms with E-state index in [-0.39, 0.29) is 25.9 Å². The van der Waals surface area contributed by atoms with Crippen LogP contribution in [-0.4, -0.2) is 43.5 Å². The molecule has 0 atom stereocenters. The molecule has 0 unspecified atom stereocenters. The summed E-state index contributed by atoms with van der Waals surface area (Å²) in [6.45, 7) is -3.23. The molecule has 0 amide bonds. The molecule has 1 aromatic rings. The van der Waals surface area contributed by atoms with Crippen molar-refractivity contribution >= 4 is 16.0 Å². The molecular formula is C13H14F3NO5S. The SMILES string of the molecule is O=C(O)C1CCN(S(=O)(=O)c2ccc(OC(F)F)c(F)c2)CC1. The average molecular weight is 353 g/mol. The molecule has 0 spiro atoms. The first-order valence-electron chi connectivity index (χ1n) is 6.69. The zero-order chi connectivity index (χ0) is 17.2. The number of benzene rings is 1. The summed E-state index contributed by atoms with van der Waals surface area (Å²) in [7, 11) is -4.02. The van der Waals surface area contributed by atoms with Crippen molar-refractivity contribution in [2.24, 2.45) is 5.92 Å². The van der Waals surface area contributed by atoms with Gasteiger partial charge in [0.15, 0.2) is 11.6 Å². The van der Waals surface area contributed by atoms with Gasteiger partial charge in [-0.3, -0.25) is 4.79 Å². The highest BCUT2D eigenvalue weighted by Crippen LogP contribution is 2.27. The van der Waals surface area contributed by atoms with E-state index in [9.17, 15) is 26.4 Å². The number of halogens is 3. The number of hydrogen-bond acceptors (Lipinski definition) is 4. The van der Waals surface area contributed by atoms with E-state index in [1.165, 1.54) is 0 Å². The van der Waals surface area contributed by atoms with Crippen LogP contribution in [0.1, 0.15) is 12.8 Å². The second-order valence-electron chi connectivity index (χ2n) is 4.99. The van der Waals surface area contributed by atoms with Gasteiger partial charge in [-0.15, -0.1) is 0 Å². The normalized spacial score (nSPS) is 17.4. The Labute approximate surface area is 130 Å². The van der Waals surface area contributed by atoms with Crippen molar-refractivity contribution in [1.29, 1.82) is 0 Å². The molecule has 0 aliphatic carbocycles. The van der Waals surface area contributed by atoms with Gasteiger partial charge in [0.05, 0.1) is 10.8 Å². The molecule has 128 valence electrons. The lowest BCUT2D eigenvalue weighted by molar-refractivity contribution is -0.142. The van der Waals surface area contributed by atoms with Crippen LogP contribution in [0.15, 0.2) is 23.1 Å². The molecule has 0 aromatic heterocycles. The molecular weight excluding hydrogens is 339 g/mol. The number of carboxylic acids is 1. The van der Waals surface area contributed by atoms with E-state index >= 15 is 0 Å². The molecule has 6 nitrogen and oxygen atoms in total. The molecule has 1 heterocycles. The molecule has 0 bridgehead atoms. The van der Waals surface area contributed by atoms with Crippen LogP contribution in [0, 0.1) is 11.7 Å². The van der Waals surface area contributed by atoms with Crippen molar-refractivity contribution in [2.75, 3.05) is 13.1 Å².